The lowest BCUT2D eigenvalue weighted by atomic mass is 10.2. The van der Waals surface area contributed by atoms with Crippen LogP contribution < -0.4 is 9.80 Å². The van der Waals surface area contributed by atoms with Crippen molar-refractivity contribution in [2.75, 3.05) is 22.9 Å². The Kier molecular flexibility index (Phi) is 3.93. The van der Waals surface area contributed by atoms with Crippen LogP contribution >= 0.6 is 0 Å². The Hall–Kier alpha value is -3.54. The average molecular weight is 347 g/mol. The predicted molar refractivity (Wildman–Crippen MR) is 99.3 cm³/mol. The van der Waals surface area contributed by atoms with E-state index in [0.717, 1.165) is 11.4 Å². The second-order valence-corrected chi connectivity index (χ2v) is 6.05. The first-order valence-corrected chi connectivity index (χ1v) is 8.29. The molecule has 2 amide bonds. The molecule has 0 radical (unpaired) electrons. The number of nitrogens with zero attached hydrogens (tertiary/aromatic N) is 3. The Bertz CT molecular complexity index is 949. The molecule has 1 aliphatic heterocycles. The lowest BCUT2D eigenvalue weighted by Gasteiger charge is -2.19. The highest BCUT2D eigenvalue weighted by Crippen LogP contribution is 2.26. The number of carboxylic acid groups (broad SMARTS) is 1. The maximum absolute atomic E-state index is 12.8. The van der Waals surface area contributed by atoms with Crippen molar-refractivity contribution >= 4 is 23.4 Å². The Morgan fingerprint density at radius 3 is 2.08 bits per heavy atom. The predicted octanol–water partition coefficient (Wildman–Crippen LogP) is 3.62. The largest absolute Gasteiger partial charge is 0.478 e. The van der Waals surface area contributed by atoms with Crippen LogP contribution in [0.3, 0.4) is 0 Å². The fourth-order valence-corrected chi connectivity index (χ4v) is 3.13. The van der Waals surface area contributed by atoms with E-state index in [1.165, 1.54) is 12.1 Å². The summed E-state index contributed by atoms with van der Waals surface area (Å²) in [5.74, 6) is -1.00. The molecule has 0 bridgehead atoms. The molecule has 1 fully saturated rings. The molecule has 1 aromatic heterocycles. The van der Waals surface area contributed by atoms with Crippen LogP contribution in [0.4, 0.5) is 16.2 Å². The SMILES string of the molecule is O=C(O)c1cccc(N2CCN(c3ccc(-n4cccc4)cc3)C2=O)c1. The van der Waals surface area contributed by atoms with Crippen molar-refractivity contribution in [3.05, 3.63) is 78.6 Å². The minimum absolute atomic E-state index is 0.152. The lowest BCUT2D eigenvalue weighted by molar-refractivity contribution is 0.0697. The third-order valence-corrected chi connectivity index (χ3v) is 4.48. The van der Waals surface area contributed by atoms with Crippen LogP contribution in [0.15, 0.2) is 73.1 Å². The van der Waals surface area contributed by atoms with Crippen molar-refractivity contribution in [1.82, 2.24) is 4.57 Å². The number of carbonyl (C=O) groups excluding carboxylic acids is 1. The minimum atomic E-state index is -1.00. The van der Waals surface area contributed by atoms with Crippen molar-refractivity contribution in [1.29, 1.82) is 0 Å². The van der Waals surface area contributed by atoms with Gasteiger partial charge in [0, 0.05) is 42.5 Å². The normalized spacial score (nSPS) is 14.1. The van der Waals surface area contributed by atoms with Gasteiger partial charge in [-0.25, -0.2) is 9.59 Å². The third-order valence-electron chi connectivity index (χ3n) is 4.48. The Balaban J connectivity index is 1.56. The number of carboxylic acids is 1. The molecule has 6 heteroatoms. The van der Waals surface area contributed by atoms with Gasteiger partial charge < -0.3 is 9.67 Å². The van der Waals surface area contributed by atoms with Crippen LogP contribution in [0.5, 0.6) is 0 Å². The molecule has 1 aliphatic rings. The summed E-state index contributed by atoms with van der Waals surface area (Å²) in [4.78, 5) is 27.3. The van der Waals surface area contributed by atoms with Crippen molar-refractivity contribution < 1.29 is 14.7 Å². The quantitative estimate of drug-likeness (QED) is 0.784. The summed E-state index contributed by atoms with van der Waals surface area (Å²) in [5.41, 5.74) is 2.62. The van der Waals surface area contributed by atoms with Crippen molar-refractivity contribution in [3.8, 4) is 5.69 Å². The second-order valence-electron chi connectivity index (χ2n) is 6.05. The maximum atomic E-state index is 12.8. The molecular weight excluding hydrogens is 330 g/mol. The van der Waals surface area contributed by atoms with E-state index >= 15 is 0 Å². The van der Waals surface area contributed by atoms with Gasteiger partial charge in [0.15, 0.2) is 0 Å². The number of benzene rings is 2. The minimum Gasteiger partial charge on any atom is -0.478 e. The van der Waals surface area contributed by atoms with Gasteiger partial charge in [0.1, 0.15) is 0 Å². The molecule has 1 N–H and O–H groups in total. The van der Waals surface area contributed by atoms with E-state index in [1.807, 2.05) is 53.4 Å². The number of urea groups is 1. The van der Waals surface area contributed by atoms with E-state index in [1.54, 1.807) is 21.9 Å². The van der Waals surface area contributed by atoms with Gasteiger partial charge in [-0.1, -0.05) is 6.07 Å². The topological polar surface area (TPSA) is 65.8 Å². The molecule has 26 heavy (non-hydrogen) atoms. The summed E-state index contributed by atoms with van der Waals surface area (Å²) in [5, 5.41) is 9.14. The monoisotopic (exact) mass is 347 g/mol. The van der Waals surface area contributed by atoms with Crippen molar-refractivity contribution in [3.63, 3.8) is 0 Å². The highest BCUT2D eigenvalue weighted by molar-refractivity contribution is 6.06. The zero-order chi connectivity index (χ0) is 18.1. The molecule has 6 nitrogen and oxygen atoms in total. The van der Waals surface area contributed by atoms with Crippen LogP contribution in [0.2, 0.25) is 0 Å². The molecule has 0 aliphatic carbocycles. The number of hydrogen-bond donors (Lipinski definition) is 1. The standard InChI is InChI=1S/C20H17N3O3/c24-19(25)15-4-3-5-18(14-15)23-13-12-22(20(23)26)17-8-6-16(7-9-17)21-10-1-2-11-21/h1-11,14H,12-13H2,(H,24,25). The van der Waals surface area contributed by atoms with Crippen molar-refractivity contribution in [2.45, 2.75) is 0 Å². The fourth-order valence-electron chi connectivity index (χ4n) is 3.13. The zero-order valence-electron chi connectivity index (χ0n) is 13.9. The van der Waals surface area contributed by atoms with Crippen LogP contribution in [0.1, 0.15) is 10.4 Å². The first-order valence-electron chi connectivity index (χ1n) is 8.29. The Morgan fingerprint density at radius 1 is 0.808 bits per heavy atom. The van der Waals surface area contributed by atoms with Gasteiger partial charge in [-0.15, -0.1) is 0 Å². The number of rotatable bonds is 4. The summed E-state index contributed by atoms with van der Waals surface area (Å²) in [6.07, 6.45) is 3.93. The first kappa shape index (κ1) is 16.0. The highest BCUT2D eigenvalue weighted by Gasteiger charge is 2.30. The van der Waals surface area contributed by atoms with E-state index in [-0.39, 0.29) is 11.6 Å². The van der Waals surface area contributed by atoms with Crippen molar-refractivity contribution in [2.24, 2.45) is 0 Å². The van der Waals surface area contributed by atoms with E-state index in [4.69, 9.17) is 5.11 Å². The van der Waals surface area contributed by atoms with Crippen LogP contribution in [0.25, 0.3) is 5.69 Å². The fraction of sp³-hybridized carbons (Fsp3) is 0.100. The number of aromatic carboxylic acids is 1. The van der Waals surface area contributed by atoms with E-state index in [9.17, 15) is 9.59 Å². The Labute approximate surface area is 150 Å². The van der Waals surface area contributed by atoms with E-state index in [0.29, 0.717) is 18.8 Å². The van der Waals surface area contributed by atoms with Gasteiger partial charge >= 0.3 is 12.0 Å². The molecule has 2 aromatic carbocycles. The molecule has 130 valence electrons. The van der Waals surface area contributed by atoms with Gasteiger partial charge in [0.05, 0.1) is 5.56 Å². The number of aromatic nitrogens is 1. The highest BCUT2D eigenvalue weighted by atomic mass is 16.4. The van der Waals surface area contributed by atoms with Gasteiger partial charge in [-0.05, 0) is 54.6 Å². The van der Waals surface area contributed by atoms with E-state index in [2.05, 4.69) is 0 Å². The summed E-state index contributed by atoms with van der Waals surface area (Å²) in [7, 11) is 0. The molecule has 0 saturated carbocycles. The maximum Gasteiger partial charge on any atom is 0.335 e. The number of anilines is 2. The summed E-state index contributed by atoms with van der Waals surface area (Å²) in [6, 6.07) is 18.0. The van der Waals surface area contributed by atoms with Gasteiger partial charge in [0.25, 0.3) is 0 Å². The van der Waals surface area contributed by atoms with Gasteiger partial charge in [-0.3, -0.25) is 9.80 Å². The van der Waals surface area contributed by atoms with Gasteiger partial charge in [0.2, 0.25) is 0 Å². The average Bonchev–Trinajstić information content (AvgIpc) is 3.32. The molecule has 0 unspecified atom stereocenters. The lowest BCUT2D eigenvalue weighted by Crippen LogP contribution is -2.31. The molecule has 0 atom stereocenters. The number of amides is 2. The summed E-state index contributed by atoms with van der Waals surface area (Å²) >= 11 is 0. The molecular formula is C20H17N3O3. The third kappa shape index (κ3) is 2.82. The van der Waals surface area contributed by atoms with Gasteiger partial charge in [-0.2, -0.15) is 0 Å². The van der Waals surface area contributed by atoms with Crippen LogP contribution in [-0.4, -0.2) is 34.8 Å². The van der Waals surface area contributed by atoms with Crippen LogP contribution in [0, 0.1) is 0 Å². The molecule has 4 rings (SSSR count). The first-order chi connectivity index (χ1) is 12.6. The zero-order valence-corrected chi connectivity index (χ0v) is 13.9. The molecule has 1 saturated heterocycles. The molecule has 2 heterocycles. The second kappa shape index (κ2) is 6.40. The molecule has 3 aromatic rings. The van der Waals surface area contributed by atoms with Crippen LogP contribution in [-0.2, 0) is 0 Å². The number of carbonyl (C=O) groups is 2. The Morgan fingerprint density at radius 2 is 1.42 bits per heavy atom. The number of hydrogen-bond acceptors (Lipinski definition) is 2. The smallest absolute Gasteiger partial charge is 0.335 e. The summed E-state index contributed by atoms with van der Waals surface area (Å²) in [6.45, 7) is 1.07. The van der Waals surface area contributed by atoms with E-state index < -0.39 is 5.97 Å². The summed E-state index contributed by atoms with van der Waals surface area (Å²) < 4.78 is 2.00. The molecule has 0 spiro atoms.